The maximum atomic E-state index is 12.2. The zero-order chi connectivity index (χ0) is 15.3. The Morgan fingerprint density at radius 3 is 2.55 bits per heavy atom. The Kier molecular flexibility index (Phi) is 6.19. The summed E-state index contributed by atoms with van der Waals surface area (Å²) in [4.78, 5) is 0. The quantitative estimate of drug-likeness (QED) is 0.711. The number of nitrogens with one attached hydrogen (secondary N) is 2. The summed E-state index contributed by atoms with van der Waals surface area (Å²) >= 11 is 0. The van der Waals surface area contributed by atoms with E-state index in [4.69, 9.17) is 4.42 Å². The average Bonchev–Trinajstić information content (AvgIpc) is 2.68. The highest BCUT2D eigenvalue weighted by molar-refractivity contribution is 7.87. The minimum Gasteiger partial charge on any atom is -0.466 e. The molecule has 116 valence electrons. The fourth-order valence-corrected chi connectivity index (χ4v) is 3.18. The van der Waals surface area contributed by atoms with Crippen LogP contribution in [0.25, 0.3) is 0 Å². The van der Waals surface area contributed by atoms with Crippen LogP contribution >= 0.6 is 0 Å². The molecule has 2 N–H and O–H groups in total. The van der Waals surface area contributed by atoms with Crippen LogP contribution in [0.5, 0.6) is 0 Å². The normalized spacial score (nSPS) is 13.9. The summed E-state index contributed by atoms with van der Waals surface area (Å²) in [6, 6.07) is 1.55. The molecule has 1 heterocycles. The lowest BCUT2D eigenvalue weighted by atomic mass is 10.1. The van der Waals surface area contributed by atoms with Gasteiger partial charge in [0.2, 0.25) is 0 Å². The van der Waals surface area contributed by atoms with Gasteiger partial charge in [-0.1, -0.05) is 0 Å². The van der Waals surface area contributed by atoms with Crippen molar-refractivity contribution >= 4 is 10.2 Å². The van der Waals surface area contributed by atoms with E-state index in [1.54, 1.807) is 7.05 Å². The number of aryl methyl sites for hydroxylation is 2. The lowest BCUT2D eigenvalue weighted by Gasteiger charge is -2.21. The molecular weight excluding hydrogens is 278 g/mol. The molecule has 1 atom stereocenters. The molecule has 0 spiro atoms. The van der Waals surface area contributed by atoms with E-state index in [2.05, 4.69) is 10.0 Å². The van der Waals surface area contributed by atoms with Gasteiger partial charge in [0.25, 0.3) is 10.2 Å². The third kappa shape index (κ3) is 4.59. The predicted molar refractivity (Wildman–Crippen MR) is 79.8 cm³/mol. The van der Waals surface area contributed by atoms with Crippen LogP contribution in [0.2, 0.25) is 0 Å². The molecule has 1 unspecified atom stereocenters. The van der Waals surface area contributed by atoms with Crippen molar-refractivity contribution in [1.82, 2.24) is 14.3 Å². The third-order valence-corrected chi connectivity index (χ3v) is 4.84. The lowest BCUT2D eigenvalue weighted by molar-refractivity contribution is 0.440. The van der Waals surface area contributed by atoms with E-state index in [0.29, 0.717) is 6.54 Å². The zero-order valence-corrected chi connectivity index (χ0v) is 13.7. The van der Waals surface area contributed by atoms with Gasteiger partial charge in [-0.15, -0.1) is 0 Å². The predicted octanol–water partition coefficient (Wildman–Crippen LogP) is 1.33. The summed E-state index contributed by atoms with van der Waals surface area (Å²) in [6.45, 7) is 6.77. The summed E-state index contributed by atoms with van der Waals surface area (Å²) in [7, 11) is -0.0541. The number of rotatable bonds is 8. The summed E-state index contributed by atoms with van der Waals surface area (Å²) < 4.78 is 33.8. The largest absolute Gasteiger partial charge is 0.466 e. The van der Waals surface area contributed by atoms with E-state index in [1.807, 2.05) is 33.9 Å². The van der Waals surface area contributed by atoms with Crippen molar-refractivity contribution < 1.29 is 12.8 Å². The van der Waals surface area contributed by atoms with Crippen LogP contribution in [-0.4, -0.2) is 39.9 Å². The molecule has 7 heteroatoms. The first kappa shape index (κ1) is 17.2. The second-order valence-corrected chi connectivity index (χ2v) is 6.80. The van der Waals surface area contributed by atoms with Gasteiger partial charge in [-0.25, -0.2) is 0 Å². The molecule has 0 fully saturated rings. The molecule has 0 aliphatic heterocycles. The molecule has 0 bridgehead atoms. The van der Waals surface area contributed by atoms with Gasteiger partial charge in [0.1, 0.15) is 11.5 Å². The molecule has 20 heavy (non-hydrogen) atoms. The topological polar surface area (TPSA) is 74.6 Å². The van der Waals surface area contributed by atoms with Crippen molar-refractivity contribution in [3.05, 3.63) is 23.2 Å². The van der Waals surface area contributed by atoms with Crippen LogP contribution < -0.4 is 10.0 Å². The number of hydrogen-bond donors (Lipinski definition) is 2. The highest BCUT2D eigenvalue weighted by Gasteiger charge is 2.22. The molecule has 1 rings (SSSR count). The first-order chi connectivity index (χ1) is 9.27. The van der Waals surface area contributed by atoms with Crippen LogP contribution in [-0.2, 0) is 10.2 Å². The van der Waals surface area contributed by atoms with Gasteiger partial charge in [0.15, 0.2) is 0 Å². The first-order valence-corrected chi connectivity index (χ1v) is 8.17. The molecule has 6 nitrogen and oxygen atoms in total. The van der Waals surface area contributed by atoms with Crippen molar-refractivity contribution in [2.24, 2.45) is 0 Å². The Labute approximate surface area is 121 Å². The standard InChI is InChI=1S/C13H25N3O3S/c1-10-9-13(12(3)19-10)11(2)15-20(17,18)16(5)8-6-7-14-4/h9,11,14-15H,6-8H2,1-5H3. The van der Waals surface area contributed by atoms with E-state index >= 15 is 0 Å². The van der Waals surface area contributed by atoms with Crippen molar-refractivity contribution in [3.63, 3.8) is 0 Å². The summed E-state index contributed by atoms with van der Waals surface area (Å²) in [5.41, 5.74) is 0.870. The second kappa shape index (κ2) is 7.21. The lowest BCUT2D eigenvalue weighted by Crippen LogP contribution is -2.40. The first-order valence-electron chi connectivity index (χ1n) is 6.73. The molecule has 0 amide bonds. The van der Waals surface area contributed by atoms with E-state index in [1.165, 1.54) is 4.31 Å². The van der Waals surface area contributed by atoms with E-state index in [-0.39, 0.29) is 6.04 Å². The maximum Gasteiger partial charge on any atom is 0.279 e. The van der Waals surface area contributed by atoms with Crippen LogP contribution in [0.4, 0.5) is 0 Å². The third-order valence-electron chi connectivity index (χ3n) is 3.18. The fourth-order valence-electron chi connectivity index (χ4n) is 2.06. The minimum absolute atomic E-state index is 0.316. The van der Waals surface area contributed by atoms with E-state index in [0.717, 1.165) is 30.0 Å². The van der Waals surface area contributed by atoms with Gasteiger partial charge in [0, 0.05) is 25.2 Å². The maximum absolute atomic E-state index is 12.2. The van der Waals surface area contributed by atoms with Crippen LogP contribution in [0.1, 0.15) is 36.5 Å². The second-order valence-electron chi connectivity index (χ2n) is 4.99. The van der Waals surface area contributed by atoms with Gasteiger partial charge < -0.3 is 9.73 Å². The fraction of sp³-hybridized carbons (Fsp3) is 0.692. The van der Waals surface area contributed by atoms with Gasteiger partial charge >= 0.3 is 0 Å². The molecular formula is C13H25N3O3S. The Hall–Kier alpha value is -0.890. The Morgan fingerprint density at radius 2 is 2.05 bits per heavy atom. The van der Waals surface area contributed by atoms with E-state index < -0.39 is 10.2 Å². The Bertz CT molecular complexity index is 525. The summed E-state index contributed by atoms with van der Waals surface area (Å²) in [5.74, 6) is 1.53. The van der Waals surface area contributed by atoms with Crippen molar-refractivity contribution in [1.29, 1.82) is 0 Å². The smallest absolute Gasteiger partial charge is 0.279 e. The summed E-state index contributed by atoms with van der Waals surface area (Å²) in [6.07, 6.45) is 0.770. The summed E-state index contributed by atoms with van der Waals surface area (Å²) in [5, 5.41) is 3.00. The Balaban J connectivity index is 2.68. The number of furan rings is 1. The average molecular weight is 303 g/mol. The van der Waals surface area contributed by atoms with Gasteiger partial charge in [-0.2, -0.15) is 17.4 Å². The highest BCUT2D eigenvalue weighted by atomic mass is 32.2. The van der Waals surface area contributed by atoms with Gasteiger partial charge in [0.05, 0.1) is 0 Å². The molecule has 1 aromatic heterocycles. The van der Waals surface area contributed by atoms with Gasteiger partial charge in [-0.3, -0.25) is 0 Å². The van der Waals surface area contributed by atoms with Crippen molar-refractivity contribution in [3.8, 4) is 0 Å². The number of nitrogens with zero attached hydrogens (tertiary/aromatic N) is 1. The van der Waals surface area contributed by atoms with Crippen LogP contribution in [0.3, 0.4) is 0 Å². The Morgan fingerprint density at radius 1 is 1.40 bits per heavy atom. The van der Waals surface area contributed by atoms with Crippen molar-refractivity contribution in [2.75, 3.05) is 27.2 Å². The van der Waals surface area contributed by atoms with Crippen LogP contribution in [0, 0.1) is 13.8 Å². The molecule has 1 aromatic rings. The molecule has 0 saturated heterocycles. The van der Waals surface area contributed by atoms with Crippen molar-refractivity contribution in [2.45, 2.75) is 33.2 Å². The molecule has 0 saturated carbocycles. The van der Waals surface area contributed by atoms with Gasteiger partial charge in [-0.05, 0) is 46.9 Å². The minimum atomic E-state index is -3.48. The monoisotopic (exact) mass is 303 g/mol. The molecule has 0 aliphatic rings. The van der Waals surface area contributed by atoms with Crippen LogP contribution in [0.15, 0.2) is 10.5 Å². The SMILES string of the molecule is CNCCCN(C)S(=O)(=O)NC(C)c1cc(C)oc1C. The molecule has 0 aliphatic carbocycles. The highest BCUT2D eigenvalue weighted by Crippen LogP contribution is 2.22. The molecule has 0 radical (unpaired) electrons. The van der Waals surface area contributed by atoms with E-state index in [9.17, 15) is 8.42 Å². The zero-order valence-electron chi connectivity index (χ0n) is 12.9. The number of hydrogen-bond acceptors (Lipinski definition) is 4. The molecule has 0 aromatic carbocycles.